The van der Waals surface area contributed by atoms with Gasteiger partial charge in [0.2, 0.25) is 5.91 Å². The van der Waals surface area contributed by atoms with Gasteiger partial charge in [-0.3, -0.25) is 4.79 Å². The van der Waals surface area contributed by atoms with Gasteiger partial charge in [0.05, 0.1) is 17.5 Å². The molecule has 6 heteroatoms. The highest BCUT2D eigenvalue weighted by Crippen LogP contribution is 2.24. The molecule has 1 fully saturated rings. The number of piperazine rings is 1. The summed E-state index contributed by atoms with van der Waals surface area (Å²) in [5.41, 5.74) is 0.0219. The summed E-state index contributed by atoms with van der Waals surface area (Å²) in [6, 6.07) is 3.63. The molecule has 0 aromatic carbocycles. The van der Waals surface area contributed by atoms with Crippen LogP contribution in [0.3, 0.4) is 0 Å². The van der Waals surface area contributed by atoms with Crippen molar-refractivity contribution in [1.29, 1.82) is 0 Å². The van der Waals surface area contributed by atoms with E-state index in [1.807, 2.05) is 17.0 Å². The molecule has 1 saturated heterocycles. The number of pyridine rings is 1. The van der Waals surface area contributed by atoms with Crippen molar-refractivity contribution in [3.63, 3.8) is 0 Å². The van der Waals surface area contributed by atoms with Crippen LogP contribution in [0.1, 0.15) is 33.6 Å². The standard InChI is InChI=1S/C17H26ClN3O2/c1-17(2,3)12-13(22)11-15(23)20-7-9-21(10-8-20)16-14(18)5-4-6-19-16/h4-6,13,22H,7-12H2,1-3H3. The fraction of sp³-hybridized carbons (Fsp3) is 0.647. The highest BCUT2D eigenvalue weighted by Gasteiger charge is 2.26. The maximum atomic E-state index is 12.3. The minimum Gasteiger partial charge on any atom is -0.393 e. The quantitative estimate of drug-likeness (QED) is 0.916. The maximum absolute atomic E-state index is 12.3. The molecule has 0 radical (unpaired) electrons. The van der Waals surface area contributed by atoms with Gasteiger partial charge in [-0.2, -0.15) is 0 Å². The fourth-order valence-corrected chi connectivity index (χ4v) is 3.13. The van der Waals surface area contributed by atoms with Gasteiger partial charge in [0.25, 0.3) is 0 Å². The Kier molecular flexibility index (Phi) is 5.87. The van der Waals surface area contributed by atoms with Crippen LogP contribution < -0.4 is 4.90 Å². The normalized spacial score (nSPS) is 17.3. The molecule has 0 aliphatic carbocycles. The van der Waals surface area contributed by atoms with E-state index in [0.717, 1.165) is 5.82 Å². The predicted molar refractivity (Wildman–Crippen MR) is 92.7 cm³/mol. The van der Waals surface area contributed by atoms with Crippen molar-refractivity contribution in [2.24, 2.45) is 5.41 Å². The second kappa shape index (κ2) is 7.49. The molecule has 0 saturated carbocycles. The minimum absolute atomic E-state index is 0.0218. The molecule has 1 amide bonds. The van der Waals surface area contributed by atoms with Gasteiger partial charge in [0.15, 0.2) is 0 Å². The van der Waals surface area contributed by atoms with E-state index in [1.54, 1.807) is 6.20 Å². The number of hydrogen-bond acceptors (Lipinski definition) is 4. The number of nitrogens with zero attached hydrogens (tertiary/aromatic N) is 3. The highest BCUT2D eigenvalue weighted by molar-refractivity contribution is 6.32. The number of carbonyl (C=O) groups excluding carboxylic acids is 1. The Hall–Kier alpha value is -1.33. The Balaban J connectivity index is 1.84. The molecular weight excluding hydrogens is 314 g/mol. The number of carbonyl (C=O) groups is 1. The van der Waals surface area contributed by atoms with Gasteiger partial charge >= 0.3 is 0 Å². The first-order chi connectivity index (χ1) is 10.8. The third kappa shape index (κ3) is 5.36. The molecule has 1 unspecified atom stereocenters. The van der Waals surface area contributed by atoms with Gasteiger partial charge < -0.3 is 14.9 Å². The van der Waals surface area contributed by atoms with Crippen LogP contribution in [0.25, 0.3) is 0 Å². The molecule has 2 heterocycles. The smallest absolute Gasteiger partial charge is 0.225 e. The first kappa shape index (κ1) is 18.0. The van der Waals surface area contributed by atoms with E-state index in [1.165, 1.54) is 0 Å². The third-order valence-electron chi connectivity index (χ3n) is 3.93. The molecule has 1 aromatic heterocycles. The Morgan fingerprint density at radius 3 is 2.57 bits per heavy atom. The second-order valence-corrected chi connectivity index (χ2v) is 7.71. The molecule has 1 aliphatic heterocycles. The van der Waals surface area contributed by atoms with Crippen LogP contribution in [0.5, 0.6) is 0 Å². The lowest BCUT2D eigenvalue weighted by Crippen LogP contribution is -2.49. The van der Waals surface area contributed by atoms with Crippen LogP contribution in [0.15, 0.2) is 18.3 Å². The van der Waals surface area contributed by atoms with Crippen LogP contribution >= 0.6 is 11.6 Å². The van der Waals surface area contributed by atoms with Gasteiger partial charge in [-0.25, -0.2) is 4.98 Å². The minimum atomic E-state index is -0.578. The van der Waals surface area contributed by atoms with Crippen molar-refractivity contribution in [3.05, 3.63) is 23.4 Å². The number of halogens is 1. The zero-order valence-corrected chi connectivity index (χ0v) is 14.9. The lowest BCUT2D eigenvalue weighted by Gasteiger charge is -2.36. The summed E-state index contributed by atoms with van der Waals surface area (Å²) in [7, 11) is 0. The number of anilines is 1. The van der Waals surface area contributed by atoms with Crippen LogP contribution in [-0.2, 0) is 4.79 Å². The van der Waals surface area contributed by atoms with Crippen molar-refractivity contribution in [2.75, 3.05) is 31.1 Å². The lowest BCUT2D eigenvalue weighted by molar-refractivity contribution is -0.133. The van der Waals surface area contributed by atoms with E-state index in [0.29, 0.717) is 37.6 Å². The van der Waals surface area contributed by atoms with Crippen LogP contribution in [-0.4, -0.2) is 53.2 Å². The first-order valence-electron chi connectivity index (χ1n) is 8.07. The molecule has 1 atom stereocenters. The van der Waals surface area contributed by atoms with Crippen molar-refractivity contribution in [2.45, 2.75) is 39.7 Å². The highest BCUT2D eigenvalue weighted by atomic mass is 35.5. The number of aliphatic hydroxyl groups is 1. The zero-order valence-electron chi connectivity index (χ0n) is 14.1. The summed E-state index contributed by atoms with van der Waals surface area (Å²) in [6.45, 7) is 8.87. The number of hydrogen-bond donors (Lipinski definition) is 1. The largest absolute Gasteiger partial charge is 0.393 e. The van der Waals surface area contributed by atoms with Gasteiger partial charge in [-0.05, 0) is 24.0 Å². The van der Waals surface area contributed by atoms with E-state index in [2.05, 4.69) is 30.7 Å². The van der Waals surface area contributed by atoms with Crippen LogP contribution in [0.4, 0.5) is 5.82 Å². The van der Waals surface area contributed by atoms with E-state index < -0.39 is 6.10 Å². The SMILES string of the molecule is CC(C)(C)CC(O)CC(=O)N1CCN(c2ncccc2Cl)CC1. The van der Waals surface area contributed by atoms with Crippen molar-refractivity contribution in [1.82, 2.24) is 9.88 Å². The zero-order chi connectivity index (χ0) is 17.0. The average Bonchev–Trinajstić information content (AvgIpc) is 2.46. The Bertz CT molecular complexity index is 537. The number of rotatable bonds is 4. The topological polar surface area (TPSA) is 56.7 Å². The summed E-state index contributed by atoms with van der Waals surface area (Å²) in [5.74, 6) is 0.794. The van der Waals surface area contributed by atoms with E-state index in [4.69, 9.17) is 11.6 Å². The summed E-state index contributed by atoms with van der Waals surface area (Å²) < 4.78 is 0. The van der Waals surface area contributed by atoms with Crippen LogP contribution in [0.2, 0.25) is 5.02 Å². The van der Waals surface area contributed by atoms with E-state index in [-0.39, 0.29) is 17.7 Å². The molecule has 23 heavy (non-hydrogen) atoms. The molecule has 0 bridgehead atoms. The predicted octanol–water partition coefficient (Wildman–Crippen LogP) is 2.57. The third-order valence-corrected chi connectivity index (χ3v) is 4.22. The number of aromatic nitrogens is 1. The molecule has 0 spiro atoms. The second-order valence-electron chi connectivity index (χ2n) is 7.30. The van der Waals surface area contributed by atoms with Crippen LogP contribution in [0, 0.1) is 5.41 Å². The summed E-state index contributed by atoms with van der Waals surface area (Å²) in [6.07, 6.45) is 1.97. The van der Waals surface area contributed by atoms with Crippen molar-refractivity contribution >= 4 is 23.3 Å². The maximum Gasteiger partial charge on any atom is 0.225 e. The molecule has 5 nitrogen and oxygen atoms in total. The molecule has 1 N–H and O–H groups in total. The van der Waals surface area contributed by atoms with Crippen molar-refractivity contribution < 1.29 is 9.90 Å². The first-order valence-corrected chi connectivity index (χ1v) is 8.45. The van der Waals surface area contributed by atoms with Gasteiger partial charge in [-0.15, -0.1) is 0 Å². The van der Waals surface area contributed by atoms with Gasteiger partial charge in [0.1, 0.15) is 5.82 Å². The average molecular weight is 340 g/mol. The number of aliphatic hydroxyl groups excluding tert-OH is 1. The summed E-state index contributed by atoms with van der Waals surface area (Å²) in [4.78, 5) is 20.5. The molecule has 128 valence electrons. The van der Waals surface area contributed by atoms with Crippen molar-refractivity contribution in [3.8, 4) is 0 Å². The Labute approximate surface area is 143 Å². The molecule has 1 aromatic rings. The fourth-order valence-electron chi connectivity index (χ4n) is 2.89. The monoisotopic (exact) mass is 339 g/mol. The Morgan fingerprint density at radius 1 is 1.35 bits per heavy atom. The lowest BCUT2D eigenvalue weighted by atomic mass is 9.88. The molecular formula is C17H26ClN3O2. The molecule has 2 rings (SSSR count). The van der Waals surface area contributed by atoms with E-state index >= 15 is 0 Å². The summed E-state index contributed by atoms with van der Waals surface area (Å²) >= 11 is 6.17. The Morgan fingerprint density at radius 2 is 2.00 bits per heavy atom. The van der Waals surface area contributed by atoms with Gasteiger partial charge in [0, 0.05) is 32.4 Å². The number of amides is 1. The van der Waals surface area contributed by atoms with E-state index in [9.17, 15) is 9.90 Å². The van der Waals surface area contributed by atoms with Gasteiger partial charge in [-0.1, -0.05) is 32.4 Å². The molecule has 1 aliphatic rings. The summed E-state index contributed by atoms with van der Waals surface area (Å²) in [5, 5.41) is 10.7.